The van der Waals surface area contributed by atoms with Crippen LogP contribution in [0, 0.1) is 24.8 Å². The Bertz CT molecular complexity index is 2610. The summed E-state index contributed by atoms with van der Waals surface area (Å²) in [5.74, 6) is 1.10. The summed E-state index contributed by atoms with van der Waals surface area (Å²) in [4.78, 5) is 14.1. The van der Waals surface area contributed by atoms with Gasteiger partial charge in [0, 0.05) is 53.5 Å². The van der Waals surface area contributed by atoms with Gasteiger partial charge >= 0.3 is 0 Å². The van der Waals surface area contributed by atoms with Crippen molar-refractivity contribution < 1.29 is 33.0 Å². The summed E-state index contributed by atoms with van der Waals surface area (Å²) in [7, 11) is 0. The molecule has 4 aromatic carbocycles. The second-order valence-electron chi connectivity index (χ2n) is 14.7. The van der Waals surface area contributed by atoms with Crippen LogP contribution in [0.2, 0.25) is 0 Å². The Morgan fingerprint density at radius 3 is 2.23 bits per heavy atom. The van der Waals surface area contributed by atoms with Crippen LogP contribution in [0.1, 0.15) is 86.7 Å². The van der Waals surface area contributed by atoms with Gasteiger partial charge in [0.2, 0.25) is 0 Å². The molecule has 4 aromatic heterocycles. The molecule has 7 heteroatoms. The van der Waals surface area contributed by atoms with E-state index < -0.39 is 6.85 Å². The molecule has 0 amide bonds. The fraction of sp³-hybridized carbons (Fsp3) is 0.239. The maximum absolute atomic E-state index is 12.7. The summed E-state index contributed by atoms with van der Waals surface area (Å²) >= 11 is 0. The predicted octanol–water partition coefficient (Wildman–Crippen LogP) is 12.3. The van der Waals surface area contributed by atoms with Gasteiger partial charge in [-0.2, -0.15) is 0 Å². The number of nitrogens with zero attached hydrogens (tertiary/aromatic N) is 4. The van der Waals surface area contributed by atoms with Crippen LogP contribution in [0.4, 0.5) is 4.39 Å². The third kappa shape index (κ3) is 7.46. The van der Waals surface area contributed by atoms with Gasteiger partial charge in [0.05, 0.1) is 16.9 Å². The molecule has 5 nitrogen and oxygen atoms in total. The Kier molecular flexibility index (Phi) is 9.69. The molecule has 0 saturated carbocycles. The second kappa shape index (κ2) is 15.2. The molecule has 0 saturated heterocycles. The molecule has 0 atom stereocenters. The molecule has 0 spiro atoms. The second-order valence-corrected chi connectivity index (χ2v) is 14.7. The Labute approximate surface area is 328 Å². The molecule has 271 valence electrons. The van der Waals surface area contributed by atoms with Crippen molar-refractivity contribution >= 4 is 33.1 Å². The van der Waals surface area contributed by atoms with Gasteiger partial charge in [0.25, 0.3) is 0 Å². The summed E-state index contributed by atoms with van der Waals surface area (Å²) in [6, 6.07) is 34.6. The first-order valence-electron chi connectivity index (χ1n) is 19.1. The van der Waals surface area contributed by atoms with Gasteiger partial charge in [-0.15, -0.1) is 48.0 Å². The summed E-state index contributed by atoms with van der Waals surface area (Å²) in [5, 5.41) is 2.16. The minimum Gasteiger partial charge on any atom is -0.501 e. The van der Waals surface area contributed by atoms with Crippen molar-refractivity contribution in [1.82, 2.24) is 19.5 Å². The van der Waals surface area contributed by atoms with Gasteiger partial charge in [-0.25, -0.2) is 4.98 Å². The minimum atomic E-state index is -2.15. The molecule has 0 bridgehead atoms. The zero-order chi connectivity index (χ0) is 39.2. The molecule has 8 aromatic rings. The summed E-state index contributed by atoms with van der Waals surface area (Å²) in [5.41, 5.74) is 10.5. The molecule has 8 rings (SSSR count). The third-order valence-electron chi connectivity index (χ3n) is 9.32. The van der Waals surface area contributed by atoms with E-state index in [9.17, 15) is 4.39 Å². The summed E-state index contributed by atoms with van der Waals surface area (Å²) in [6.45, 7) is 13.5. The number of aryl methyl sites for hydroxylation is 1. The van der Waals surface area contributed by atoms with Crippen LogP contribution in [-0.2, 0) is 25.5 Å². The molecule has 0 aliphatic heterocycles. The van der Waals surface area contributed by atoms with Crippen LogP contribution in [0.25, 0.3) is 61.4 Å². The molecule has 0 fully saturated rings. The molecular formula is C46H43FIrN4O-2. The molecule has 0 unspecified atom stereocenters. The maximum atomic E-state index is 12.7. The summed E-state index contributed by atoms with van der Waals surface area (Å²) in [6.07, 6.45) is 3.27. The van der Waals surface area contributed by atoms with Gasteiger partial charge < -0.3 is 14.0 Å². The number of rotatable bonds is 5. The van der Waals surface area contributed by atoms with Gasteiger partial charge in [-0.05, 0) is 64.2 Å². The number of furan rings is 1. The normalized spacial score (nSPS) is 12.8. The Hall–Kier alpha value is -4.97. The number of aromatic nitrogens is 4. The zero-order valence-electron chi connectivity index (χ0n) is 33.9. The quantitative estimate of drug-likeness (QED) is 0.162. The molecule has 53 heavy (non-hydrogen) atoms. The summed E-state index contributed by atoms with van der Waals surface area (Å²) < 4.78 is 43.1. The van der Waals surface area contributed by atoms with Gasteiger partial charge in [0.15, 0.2) is 5.65 Å². The van der Waals surface area contributed by atoms with Crippen LogP contribution in [0.5, 0.6) is 0 Å². The first-order chi connectivity index (χ1) is 26.1. The van der Waals surface area contributed by atoms with Gasteiger partial charge in [0.1, 0.15) is 5.58 Å². The minimum absolute atomic E-state index is 0. The number of hydrogen-bond donors (Lipinski definition) is 0. The number of fused-ring (bicyclic) bond motifs is 4. The van der Waals surface area contributed by atoms with E-state index in [-0.39, 0.29) is 36.9 Å². The van der Waals surface area contributed by atoms with Crippen molar-refractivity contribution in [2.75, 3.05) is 0 Å². The third-order valence-corrected chi connectivity index (χ3v) is 9.32. The molecule has 4 heterocycles. The van der Waals surface area contributed by atoms with Crippen molar-refractivity contribution in [2.45, 2.75) is 72.6 Å². The predicted molar refractivity (Wildman–Crippen MR) is 210 cm³/mol. The van der Waals surface area contributed by atoms with Gasteiger partial charge in [-0.3, -0.25) is 9.37 Å². The standard InChI is InChI=1S/C34H34N3O.C12H9FN.Ir/c1-20(2)23-13-10-14-24(21(3)4)30(23)37-28-18-22(34(5,6)7)19-35-32(28)36-33(37)27-16-11-15-26-25-12-8-9-17-29(25)38-31(26)27;1-9-2-7-12(14-8-9)10-3-5-11(13)6-4-10;/h8-15,17-21H,1-7H3;2-3,5-8H,1H3;/q2*-1;/i;1D3;. The SMILES string of the molecule is CC(C)c1cccc(C(C)C)c1-n1c(-c2[c-]ccc3c2oc2ccccc23)nc2ncc(C(C)(C)C)cc21.[2H]C([2H])([2H])c1ccc(-c2[c-]cc(F)cc2)nc1.[Ir]. The van der Waals surface area contributed by atoms with E-state index >= 15 is 0 Å². The van der Waals surface area contributed by atoms with E-state index in [1.54, 1.807) is 12.1 Å². The first kappa shape index (κ1) is 33.8. The fourth-order valence-corrected chi connectivity index (χ4v) is 6.51. The number of benzene rings is 4. The smallest absolute Gasteiger partial charge is 0.168 e. The first-order valence-corrected chi connectivity index (χ1v) is 17.6. The van der Waals surface area contributed by atoms with Crippen molar-refractivity contribution in [2.24, 2.45) is 0 Å². The molecule has 0 N–H and O–H groups in total. The maximum Gasteiger partial charge on any atom is 0.168 e. The van der Waals surface area contributed by atoms with Crippen molar-refractivity contribution in [1.29, 1.82) is 0 Å². The van der Waals surface area contributed by atoms with Crippen LogP contribution in [0.15, 0.2) is 108 Å². The van der Waals surface area contributed by atoms with E-state index in [2.05, 4.69) is 113 Å². The average Bonchev–Trinajstić information content (AvgIpc) is 3.73. The molecule has 1 radical (unpaired) electrons. The van der Waals surface area contributed by atoms with E-state index in [0.717, 1.165) is 44.5 Å². The van der Waals surface area contributed by atoms with E-state index in [0.29, 0.717) is 23.1 Å². The number of hydrogen-bond acceptors (Lipinski definition) is 4. The van der Waals surface area contributed by atoms with E-state index in [1.165, 1.54) is 46.8 Å². The molecule has 0 aliphatic carbocycles. The number of imidazole rings is 1. The fourth-order valence-electron chi connectivity index (χ4n) is 6.51. The van der Waals surface area contributed by atoms with Crippen LogP contribution in [-0.4, -0.2) is 19.5 Å². The number of halogens is 1. The largest absolute Gasteiger partial charge is 0.501 e. The Balaban J connectivity index is 0.000000248. The Morgan fingerprint density at radius 1 is 0.830 bits per heavy atom. The van der Waals surface area contributed by atoms with Crippen molar-refractivity contribution in [3.05, 3.63) is 144 Å². The zero-order valence-corrected chi connectivity index (χ0v) is 33.3. The molecule has 0 aliphatic rings. The van der Waals surface area contributed by atoms with E-state index in [1.807, 2.05) is 24.4 Å². The monoisotopic (exact) mass is 882 g/mol. The van der Waals surface area contributed by atoms with E-state index in [4.69, 9.17) is 18.5 Å². The Morgan fingerprint density at radius 2 is 1.58 bits per heavy atom. The van der Waals surface area contributed by atoms with Crippen LogP contribution < -0.4 is 0 Å². The van der Waals surface area contributed by atoms with Gasteiger partial charge in [-0.1, -0.05) is 108 Å². The van der Waals surface area contributed by atoms with Crippen molar-refractivity contribution in [3.8, 4) is 28.3 Å². The molecular weight excluding hydrogens is 836 g/mol. The topological polar surface area (TPSA) is 56.7 Å². The number of para-hydroxylation sites is 2. The average molecular weight is 882 g/mol. The van der Waals surface area contributed by atoms with Crippen LogP contribution in [0.3, 0.4) is 0 Å². The number of pyridine rings is 2. The van der Waals surface area contributed by atoms with Crippen LogP contribution >= 0.6 is 0 Å². The van der Waals surface area contributed by atoms with Crippen molar-refractivity contribution in [3.63, 3.8) is 0 Å².